The summed E-state index contributed by atoms with van der Waals surface area (Å²) in [7, 11) is 1.64. The van der Waals surface area contributed by atoms with Crippen molar-refractivity contribution in [2.75, 3.05) is 19.0 Å². The molecule has 1 heterocycles. The Morgan fingerprint density at radius 2 is 1.96 bits per heavy atom. The summed E-state index contributed by atoms with van der Waals surface area (Å²) in [6, 6.07) is 7.32. The van der Waals surface area contributed by atoms with Crippen molar-refractivity contribution in [3.63, 3.8) is 0 Å². The van der Waals surface area contributed by atoms with Gasteiger partial charge in [-0.15, -0.1) is 10.2 Å². The molecule has 0 radical (unpaired) electrons. The van der Waals surface area contributed by atoms with Gasteiger partial charge in [0.1, 0.15) is 6.33 Å². The first-order valence-corrected chi connectivity index (χ1v) is 8.36. The molecule has 0 bridgehead atoms. The Kier molecular flexibility index (Phi) is 6.14. The number of hydrogen-bond acceptors (Lipinski definition) is 4. The van der Waals surface area contributed by atoms with Crippen molar-refractivity contribution in [1.82, 2.24) is 20.1 Å². The van der Waals surface area contributed by atoms with Crippen LogP contribution in [0.25, 0.3) is 0 Å². The molecule has 2 N–H and O–H groups in total. The molecule has 25 heavy (non-hydrogen) atoms. The molecular weight excluding hydrogens is 318 g/mol. The van der Waals surface area contributed by atoms with Crippen LogP contribution in [-0.4, -0.2) is 34.5 Å². The summed E-state index contributed by atoms with van der Waals surface area (Å²) in [4.78, 5) is 12.2. The van der Waals surface area contributed by atoms with Gasteiger partial charge < -0.3 is 19.9 Å². The molecule has 0 aliphatic rings. The van der Waals surface area contributed by atoms with Crippen LogP contribution in [0.2, 0.25) is 0 Å². The second kappa shape index (κ2) is 8.11. The fourth-order valence-electron chi connectivity index (χ4n) is 2.44. The molecule has 0 aliphatic carbocycles. The molecule has 7 nitrogen and oxygen atoms in total. The first-order chi connectivity index (χ1) is 11.8. The SMILES string of the molecule is COCCn1cnnc1[C@H](C)NC(=O)Nc1ccc(C(C)(C)C)cc1. The maximum atomic E-state index is 12.2. The Morgan fingerprint density at radius 1 is 1.28 bits per heavy atom. The average Bonchev–Trinajstić information content (AvgIpc) is 3.01. The maximum Gasteiger partial charge on any atom is 0.319 e. The van der Waals surface area contributed by atoms with Gasteiger partial charge in [0, 0.05) is 19.3 Å². The number of carbonyl (C=O) groups excluding carboxylic acids is 1. The second-order valence-corrected chi connectivity index (χ2v) is 7.02. The van der Waals surface area contributed by atoms with Gasteiger partial charge in [0.15, 0.2) is 5.82 Å². The number of methoxy groups -OCH3 is 1. The number of aromatic nitrogens is 3. The van der Waals surface area contributed by atoms with E-state index < -0.39 is 0 Å². The molecule has 7 heteroatoms. The van der Waals surface area contributed by atoms with Crippen LogP contribution in [0.15, 0.2) is 30.6 Å². The average molecular weight is 345 g/mol. The van der Waals surface area contributed by atoms with Crippen LogP contribution in [0.1, 0.15) is 45.1 Å². The summed E-state index contributed by atoms with van der Waals surface area (Å²) in [6.07, 6.45) is 1.63. The van der Waals surface area contributed by atoms with E-state index in [0.29, 0.717) is 19.0 Å². The van der Waals surface area contributed by atoms with E-state index in [-0.39, 0.29) is 17.5 Å². The maximum absolute atomic E-state index is 12.2. The Balaban J connectivity index is 1.94. The third kappa shape index (κ3) is 5.29. The zero-order chi connectivity index (χ0) is 18.4. The fraction of sp³-hybridized carbons (Fsp3) is 0.500. The highest BCUT2D eigenvalue weighted by Crippen LogP contribution is 2.23. The van der Waals surface area contributed by atoms with Crippen LogP contribution in [0.4, 0.5) is 10.5 Å². The Labute approximate surface area is 148 Å². The summed E-state index contributed by atoms with van der Waals surface area (Å²) in [6.45, 7) is 9.54. The van der Waals surface area contributed by atoms with Crippen molar-refractivity contribution < 1.29 is 9.53 Å². The minimum Gasteiger partial charge on any atom is -0.383 e. The molecule has 2 amide bonds. The van der Waals surface area contributed by atoms with Crippen molar-refractivity contribution >= 4 is 11.7 Å². The Hall–Kier alpha value is -2.41. The van der Waals surface area contributed by atoms with Crippen molar-refractivity contribution in [2.45, 2.75) is 45.7 Å². The van der Waals surface area contributed by atoms with Crippen LogP contribution in [0.5, 0.6) is 0 Å². The van der Waals surface area contributed by atoms with Crippen LogP contribution < -0.4 is 10.6 Å². The van der Waals surface area contributed by atoms with E-state index in [1.165, 1.54) is 5.56 Å². The number of carbonyl (C=O) groups is 1. The van der Waals surface area contributed by atoms with E-state index >= 15 is 0 Å². The van der Waals surface area contributed by atoms with Gasteiger partial charge >= 0.3 is 6.03 Å². The number of amides is 2. The minimum atomic E-state index is -0.280. The normalized spacial score (nSPS) is 12.7. The predicted molar refractivity (Wildman–Crippen MR) is 97.6 cm³/mol. The summed E-state index contributed by atoms with van der Waals surface area (Å²) < 4.78 is 6.93. The largest absolute Gasteiger partial charge is 0.383 e. The molecule has 2 rings (SSSR count). The van der Waals surface area contributed by atoms with Gasteiger partial charge in [0.25, 0.3) is 0 Å². The molecule has 0 spiro atoms. The number of benzene rings is 1. The smallest absolute Gasteiger partial charge is 0.319 e. The number of nitrogens with zero attached hydrogens (tertiary/aromatic N) is 3. The number of nitrogens with one attached hydrogen (secondary N) is 2. The van der Waals surface area contributed by atoms with E-state index in [9.17, 15) is 4.79 Å². The molecule has 1 aromatic carbocycles. The highest BCUT2D eigenvalue weighted by Gasteiger charge is 2.16. The van der Waals surface area contributed by atoms with E-state index in [4.69, 9.17) is 4.74 Å². The zero-order valence-electron chi connectivity index (χ0n) is 15.5. The molecule has 1 atom stereocenters. The number of urea groups is 1. The molecular formula is C18H27N5O2. The van der Waals surface area contributed by atoms with Crippen LogP contribution in [0.3, 0.4) is 0 Å². The monoisotopic (exact) mass is 345 g/mol. The van der Waals surface area contributed by atoms with Gasteiger partial charge in [-0.1, -0.05) is 32.9 Å². The Bertz CT molecular complexity index is 688. The third-order valence-electron chi connectivity index (χ3n) is 3.93. The molecule has 0 unspecified atom stereocenters. The van der Waals surface area contributed by atoms with Gasteiger partial charge in [0.2, 0.25) is 0 Å². The lowest BCUT2D eigenvalue weighted by atomic mass is 9.87. The Morgan fingerprint density at radius 3 is 2.56 bits per heavy atom. The number of hydrogen-bond donors (Lipinski definition) is 2. The van der Waals surface area contributed by atoms with Gasteiger partial charge in [0.05, 0.1) is 12.6 Å². The lowest BCUT2D eigenvalue weighted by Gasteiger charge is -2.19. The van der Waals surface area contributed by atoms with Gasteiger partial charge in [-0.25, -0.2) is 4.79 Å². The summed E-state index contributed by atoms with van der Waals surface area (Å²) in [5.41, 5.74) is 2.05. The zero-order valence-corrected chi connectivity index (χ0v) is 15.5. The van der Waals surface area contributed by atoms with Crippen LogP contribution in [-0.2, 0) is 16.7 Å². The van der Waals surface area contributed by atoms with E-state index in [0.717, 1.165) is 5.69 Å². The molecule has 0 saturated heterocycles. The quantitative estimate of drug-likeness (QED) is 0.843. The van der Waals surface area contributed by atoms with Gasteiger partial charge in [-0.3, -0.25) is 0 Å². The number of rotatable bonds is 6. The predicted octanol–water partition coefficient (Wildman–Crippen LogP) is 3.10. The lowest BCUT2D eigenvalue weighted by Crippen LogP contribution is -2.32. The standard InChI is InChI=1S/C18H27N5O2/c1-13(16-22-19-12-23(16)10-11-25-5)20-17(24)21-15-8-6-14(7-9-15)18(2,3)4/h6-9,12-13H,10-11H2,1-5H3,(H2,20,21,24)/t13-/m0/s1. The van der Waals surface area contributed by atoms with E-state index in [1.54, 1.807) is 13.4 Å². The first-order valence-electron chi connectivity index (χ1n) is 8.36. The first kappa shape index (κ1) is 18.9. The third-order valence-corrected chi connectivity index (χ3v) is 3.93. The van der Waals surface area contributed by atoms with Crippen molar-refractivity contribution in [1.29, 1.82) is 0 Å². The van der Waals surface area contributed by atoms with Crippen molar-refractivity contribution in [3.05, 3.63) is 42.0 Å². The minimum absolute atomic E-state index is 0.0849. The molecule has 0 fully saturated rings. The molecule has 1 aromatic heterocycles. The number of anilines is 1. The van der Waals surface area contributed by atoms with Gasteiger partial charge in [-0.2, -0.15) is 0 Å². The lowest BCUT2D eigenvalue weighted by molar-refractivity contribution is 0.185. The highest BCUT2D eigenvalue weighted by atomic mass is 16.5. The van der Waals surface area contributed by atoms with E-state index in [1.807, 2.05) is 35.8 Å². The van der Waals surface area contributed by atoms with Crippen molar-refractivity contribution in [2.24, 2.45) is 0 Å². The second-order valence-electron chi connectivity index (χ2n) is 7.02. The van der Waals surface area contributed by atoms with E-state index in [2.05, 4.69) is 41.6 Å². The molecule has 0 aliphatic heterocycles. The van der Waals surface area contributed by atoms with Crippen LogP contribution in [0, 0.1) is 0 Å². The highest BCUT2D eigenvalue weighted by molar-refractivity contribution is 5.89. The molecule has 0 saturated carbocycles. The van der Waals surface area contributed by atoms with Crippen molar-refractivity contribution in [3.8, 4) is 0 Å². The molecule has 2 aromatic rings. The fourth-order valence-corrected chi connectivity index (χ4v) is 2.44. The van der Waals surface area contributed by atoms with Crippen LogP contribution >= 0.6 is 0 Å². The topological polar surface area (TPSA) is 81.1 Å². The summed E-state index contributed by atoms with van der Waals surface area (Å²) >= 11 is 0. The van der Waals surface area contributed by atoms with Gasteiger partial charge in [-0.05, 0) is 30.0 Å². The summed E-state index contributed by atoms with van der Waals surface area (Å²) in [5.74, 6) is 0.690. The molecule has 136 valence electrons. The number of ether oxygens (including phenoxy) is 1. The summed E-state index contributed by atoms with van der Waals surface area (Å²) in [5, 5.41) is 13.7.